The van der Waals surface area contributed by atoms with Gasteiger partial charge in [0.15, 0.2) is 0 Å². The van der Waals surface area contributed by atoms with Crippen LogP contribution in [0.15, 0.2) is 18.2 Å². The lowest BCUT2D eigenvalue weighted by molar-refractivity contribution is 0.0760. The molecule has 0 aromatic heterocycles. The molecule has 0 saturated carbocycles. The number of carbonyl (C=O) groups excluding carboxylic acids is 1. The number of nitrogens with zero attached hydrogens (tertiary/aromatic N) is 1. The molecule has 0 spiro atoms. The SMILES string of the molecule is CCCC1CCCN(C(=O)c2cc(F)ccc2N)CC1. The Morgan fingerprint density at radius 3 is 2.95 bits per heavy atom. The first-order valence-electron chi connectivity index (χ1n) is 7.46. The smallest absolute Gasteiger partial charge is 0.256 e. The number of carbonyl (C=O) groups is 1. The molecule has 20 heavy (non-hydrogen) atoms. The molecule has 0 radical (unpaired) electrons. The van der Waals surface area contributed by atoms with Crippen molar-refractivity contribution in [2.45, 2.75) is 39.0 Å². The number of halogens is 1. The minimum atomic E-state index is -0.416. The Kier molecular flexibility index (Phi) is 4.99. The Hall–Kier alpha value is -1.58. The van der Waals surface area contributed by atoms with Crippen molar-refractivity contribution in [2.75, 3.05) is 18.8 Å². The Labute approximate surface area is 120 Å². The summed E-state index contributed by atoms with van der Waals surface area (Å²) in [5, 5.41) is 0. The van der Waals surface area contributed by atoms with Gasteiger partial charge in [0.05, 0.1) is 5.56 Å². The van der Waals surface area contributed by atoms with E-state index in [0.717, 1.165) is 25.9 Å². The zero-order valence-corrected chi connectivity index (χ0v) is 12.1. The van der Waals surface area contributed by atoms with Gasteiger partial charge in [0.25, 0.3) is 5.91 Å². The van der Waals surface area contributed by atoms with E-state index in [2.05, 4.69) is 6.92 Å². The highest BCUT2D eigenvalue weighted by molar-refractivity contribution is 5.99. The average Bonchev–Trinajstić information content (AvgIpc) is 2.67. The number of hydrogen-bond acceptors (Lipinski definition) is 2. The number of hydrogen-bond donors (Lipinski definition) is 1. The molecule has 4 heteroatoms. The second kappa shape index (κ2) is 6.73. The van der Waals surface area contributed by atoms with Crippen molar-refractivity contribution in [3.63, 3.8) is 0 Å². The van der Waals surface area contributed by atoms with Crippen molar-refractivity contribution < 1.29 is 9.18 Å². The minimum Gasteiger partial charge on any atom is -0.398 e. The van der Waals surface area contributed by atoms with E-state index in [1.54, 1.807) is 0 Å². The number of nitrogens with two attached hydrogens (primary N) is 1. The van der Waals surface area contributed by atoms with E-state index < -0.39 is 5.82 Å². The van der Waals surface area contributed by atoms with E-state index in [4.69, 9.17) is 5.73 Å². The predicted octanol–water partition coefficient (Wildman–Crippen LogP) is 3.45. The summed E-state index contributed by atoms with van der Waals surface area (Å²) in [5.41, 5.74) is 6.44. The molecular weight excluding hydrogens is 255 g/mol. The Balaban J connectivity index is 2.07. The molecule has 3 nitrogen and oxygen atoms in total. The zero-order chi connectivity index (χ0) is 14.5. The van der Waals surface area contributed by atoms with Gasteiger partial charge >= 0.3 is 0 Å². The molecule has 1 aromatic rings. The summed E-state index contributed by atoms with van der Waals surface area (Å²) in [6, 6.07) is 3.98. The Bertz CT molecular complexity index is 476. The van der Waals surface area contributed by atoms with E-state index in [1.807, 2.05) is 4.90 Å². The summed E-state index contributed by atoms with van der Waals surface area (Å²) in [7, 11) is 0. The maximum absolute atomic E-state index is 13.3. The van der Waals surface area contributed by atoms with Crippen LogP contribution in [0.5, 0.6) is 0 Å². The highest BCUT2D eigenvalue weighted by Crippen LogP contribution is 2.24. The third-order valence-corrected chi connectivity index (χ3v) is 4.08. The van der Waals surface area contributed by atoms with Crippen molar-refractivity contribution >= 4 is 11.6 Å². The molecule has 1 aliphatic heterocycles. The quantitative estimate of drug-likeness (QED) is 0.861. The molecule has 110 valence electrons. The second-order valence-corrected chi connectivity index (χ2v) is 5.61. The van der Waals surface area contributed by atoms with Gasteiger partial charge in [0, 0.05) is 18.8 Å². The summed E-state index contributed by atoms with van der Waals surface area (Å²) < 4.78 is 13.3. The number of benzene rings is 1. The largest absolute Gasteiger partial charge is 0.398 e. The molecule has 1 heterocycles. The standard InChI is InChI=1S/C16H23FN2O/c1-2-4-12-5-3-9-19(10-8-12)16(20)14-11-13(17)6-7-15(14)18/h6-7,11-12H,2-5,8-10,18H2,1H3. The zero-order valence-electron chi connectivity index (χ0n) is 12.1. The highest BCUT2D eigenvalue weighted by Gasteiger charge is 2.22. The molecule has 2 N–H and O–H groups in total. The van der Waals surface area contributed by atoms with Crippen molar-refractivity contribution in [1.29, 1.82) is 0 Å². The van der Waals surface area contributed by atoms with Gasteiger partial charge in [-0.1, -0.05) is 19.8 Å². The average molecular weight is 278 g/mol. The number of amides is 1. The first-order valence-corrected chi connectivity index (χ1v) is 7.46. The second-order valence-electron chi connectivity index (χ2n) is 5.61. The van der Waals surface area contributed by atoms with E-state index >= 15 is 0 Å². The molecule has 1 unspecified atom stereocenters. The molecule has 1 aromatic carbocycles. The van der Waals surface area contributed by atoms with Gasteiger partial charge in [-0.3, -0.25) is 4.79 Å². The molecule has 1 atom stereocenters. The maximum Gasteiger partial charge on any atom is 0.256 e. The number of nitrogen functional groups attached to an aromatic ring is 1. The normalized spacial score (nSPS) is 19.7. The fraction of sp³-hybridized carbons (Fsp3) is 0.562. The van der Waals surface area contributed by atoms with Gasteiger partial charge in [0.2, 0.25) is 0 Å². The van der Waals surface area contributed by atoms with Gasteiger partial charge in [-0.25, -0.2) is 4.39 Å². The van der Waals surface area contributed by atoms with E-state index in [0.29, 0.717) is 17.2 Å². The first kappa shape index (κ1) is 14.8. The first-order chi connectivity index (χ1) is 9.61. The van der Waals surface area contributed by atoms with Crippen LogP contribution in [0.25, 0.3) is 0 Å². The van der Waals surface area contributed by atoms with Crippen LogP contribution < -0.4 is 5.73 Å². The molecule has 1 aliphatic rings. The third-order valence-electron chi connectivity index (χ3n) is 4.08. The Morgan fingerprint density at radius 1 is 1.40 bits per heavy atom. The summed E-state index contributed by atoms with van der Waals surface area (Å²) in [6.45, 7) is 3.69. The number of anilines is 1. The minimum absolute atomic E-state index is 0.140. The topological polar surface area (TPSA) is 46.3 Å². The van der Waals surface area contributed by atoms with Crippen molar-refractivity contribution in [3.8, 4) is 0 Å². The lowest BCUT2D eigenvalue weighted by atomic mass is 9.96. The monoisotopic (exact) mass is 278 g/mol. The highest BCUT2D eigenvalue weighted by atomic mass is 19.1. The maximum atomic E-state index is 13.3. The summed E-state index contributed by atoms with van der Waals surface area (Å²) >= 11 is 0. The van der Waals surface area contributed by atoms with Crippen LogP contribution in [0, 0.1) is 11.7 Å². The van der Waals surface area contributed by atoms with Gasteiger partial charge in [-0.15, -0.1) is 0 Å². The van der Waals surface area contributed by atoms with Crippen LogP contribution in [0.4, 0.5) is 10.1 Å². The van der Waals surface area contributed by atoms with Gasteiger partial charge in [-0.05, 0) is 43.4 Å². The van der Waals surface area contributed by atoms with E-state index in [1.165, 1.54) is 37.5 Å². The fourth-order valence-electron chi connectivity index (χ4n) is 2.95. The lowest BCUT2D eigenvalue weighted by Gasteiger charge is -2.21. The molecule has 2 rings (SSSR count). The molecular formula is C16H23FN2O. The molecule has 1 saturated heterocycles. The van der Waals surface area contributed by atoms with E-state index in [-0.39, 0.29) is 5.91 Å². The van der Waals surface area contributed by atoms with Gasteiger partial charge in [0.1, 0.15) is 5.82 Å². The van der Waals surface area contributed by atoms with Crippen LogP contribution in [0.1, 0.15) is 49.4 Å². The lowest BCUT2D eigenvalue weighted by Crippen LogP contribution is -2.32. The van der Waals surface area contributed by atoms with Crippen LogP contribution in [-0.2, 0) is 0 Å². The molecule has 1 amide bonds. The number of rotatable bonds is 3. The van der Waals surface area contributed by atoms with Crippen LogP contribution in [-0.4, -0.2) is 23.9 Å². The van der Waals surface area contributed by atoms with Crippen molar-refractivity contribution in [2.24, 2.45) is 5.92 Å². The summed E-state index contributed by atoms with van der Waals surface area (Å²) in [4.78, 5) is 14.3. The van der Waals surface area contributed by atoms with Crippen LogP contribution >= 0.6 is 0 Å². The van der Waals surface area contributed by atoms with Crippen LogP contribution in [0.3, 0.4) is 0 Å². The Morgan fingerprint density at radius 2 is 2.20 bits per heavy atom. The van der Waals surface area contributed by atoms with Gasteiger partial charge in [-0.2, -0.15) is 0 Å². The third kappa shape index (κ3) is 3.50. The van der Waals surface area contributed by atoms with E-state index in [9.17, 15) is 9.18 Å². The van der Waals surface area contributed by atoms with Gasteiger partial charge < -0.3 is 10.6 Å². The molecule has 0 aliphatic carbocycles. The van der Waals surface area contributed by atoms with Crippen molar-refractivity contribution in [3.05, 3.63) is 29.6 Å². The molecule has 0 bridgehead atoms. The summed E-state index contributed by atoms with van der Waals surface area (Å²) in [6.07, 6.45) is 5.65. The predicted molar refractivity (Wildman–Crippen MR) is 79.0 cm³/mol. The van der Waals surface area contributed by atoms with Crippen molar-refractivity contribution in [1.82, 2.24) is 4.90 Å². The van der Waals surface area contributed by atoms with Crippen LogP contribution in [0.2, 0.25) is 0 Å². The number of likely N-dealkylation sites (tertiary alicyclic amines) is 1. The molecule has 1 fully saturated rings. The fourth-order valence-corrected chi connectivity index (χ4v) is 2.95. The summed E-state index contributed by atoms with van der Waals surface area (Å²) in [5.74, 6) is 0.156.